The Morgan fingerprint density at radius 2 is 2.30 bits per heavy atom. The van der Waals surface area contributed by atoms with Crippen LogP contribution in [0.4, 0.5) is 0 Å². The number of amides is 1. The summed E-state index contributed by atoms with van der Waals surface area (Å²) in [6, 6.07) is 8.05. The molecular weight excluding hydrogens is 252 g/mol. The first kappa shape index (κ1) is 13.2. The number of carbonyl (C=O) groups is 1. The van der Waals surface area contributed by atoms with E-state index in [-0.39, 0.29) is 11.4 Å². The van der Waals surface area contributed by atoms with Crippen LogP contribution in [0.2, 0.25) is 0 Å². The van der Waals surface area contributed by atoms with Crippen LogP contribution < -0.4 is 5.32 Å². The number of para-hydroxylation sites is 1. The van der Waals surface area contributed by atoms with Crippen LogP contribution in [0.3, 0.4) is 0 Å². The van der Waals surface area contributed by atoms with Gasteiger partial charge in [-0.25, -0.2) is 0 Å². The number of H-pyrrole nitrogens is 1. The number of carbonyl (C=O) groups excluding carboxylic acids is 1. The molecule has 4 nitrogen and oxygen atoms in total. The van der Waals surface area contributed by atoms with E-state index in [1.54, 1.807) is 0 Å². The maximum atomic E-state index is 12.2. The van der Waals surface area contributed by atoms with Gasteiger partial charge in [0, 0.05) is 23.7 Å². The van der Waals surface area contributed by atoms with Crippen LogP contribution in [0.25, 0.3) is 10.9 Å². The van der Waals surface area contributed by atoms with Crippen molar-refractivity contribution < 1.29 is 9.53 Å². The van der Waals surface area contributed by atoms with Crippen molar-refractivity contribution in [3.8, 4) is 0 Å². The minimum atomic E-state index is -0.221. The molecule has 1 saturated heterocycles. The van der Waals surface area contributed by atoms with Crippen LogP contribution in [-0.4, -0.2) is 29.6 Å². The number of aromatic nitrogens is 1. The summed E-state index contributed by atoms with van der Waals surface area (Å²) in [5.41, 5.74) is 1.89. The summed E-state index contributed by atoms with van der Waals surface area (Å²) in [6.45, 7) is 3.46. The van der Waals surface area contributed by atoms with Crippen LogP contribution >= 0.6 is 0 Å². The van der Waals surface area contributed by atoms with Gasteiger partial charge >= 0.3 is 0 Å². The van der Waals surface area contributed by atoms with Gasteiger partial charge in [-0.1, -0.05) is 18.2 Å². The predicted octanol–water partition coefficient (Wildman–Crippen LogP) is 2.40. The van der Waals surface area contributed by atoms with E-state index in [1.807, 2.05) is 30.5 Å². The smallest absolute Gasteiger partial charge is 0.225 e. The lowest BCUT2D eigenvalue weighted by atomic mass is 9.94. The summed E-state index contributed by atoms with van der Waals surface area (Å²) in [7, 11) is 0. The molecule has 1 atom stereocenters. The maximum absolute atomic E-state index is 12.2. The van der Waals surface area contributed by atoms with Crippen LogP contribution in [0.5, 0.6) is 0 Å². The van der Waals surface area contributed by atoms with Crippen LogP contribution in [0.1, 0.15) is 25.3 Å². The number of ether oxygens (including phenoxy) is 1. The minimum absolute atomic E-state index is 0.0581. The molecule has 2 aromatic rings. The quantitative estimate of drug-likeness (QED) is 0.901. The molecule has 0 spiro atoms. The van der Waals surface area contributed by atoms with Crippen molar-refractivity contribution in [1.29, 1.82) is 0 Å². The first-order valence-corrected chi connectivity index (χ1v) is 7.10. The van der Waals surface area contributed by atoms with Crippen LogP contribution in [0, 0.1) is 0 Å². The monoisotopic (exact) mass is 272 g/mol. The summed E-state index contributed by atoms with van der Waals surface area (Å²) >= 11 is 0. The molecular formula is C16H20N2O2. The summed E-state index contributed by atoms with van der Waals surface area (Å²) in [4.78, 5) is 15.4. The summed E-state index contributed by atoms with van der Waals surface area (Å²) in [5.74, 6) is 0.0581. The highest BCUT2D eigenvalue weighted by Gasteiger charge is 2.29. The van der Waals surface area contributed by atoms with E-state index in [1.165, 1.54) is 0 Å². The van der Waals surface area contributed by atoms with E-state index < -0.39 is 0 Å². The lowest BCUT2D eigenvalue weighted by Crippen LogP contribution is -2.52. The SMILES string of the molecule is CC1(NC(=O)Cc2c[nH]c3ccccc23)CCCOC1. The number of nitrogens with one attached hydrogen (secondary N) is 2. The summed E-state index contributed by atoms with van der Waals surface area (Å²) < 4.78 is 5.47. The highest BCUT2D eigenvalue weighted by atomic mass is 16.5. The Hall–Kier alpha value is -1.81. The van der Waals surface area contributed by atoms with Crippen molar-refractivity contribution in [3.63, 3.8) is 0 Å². The van der Waals surface area contributed by atoms with E-state index in [0.29, 0.717) is 13.0 Å². The van der Waals surface area contributed by atoms with Crippen molar-refractivity contribution in [2.75, 3.05) is 13.2 Å². The molecule has 2 N–H and O–H groups in total. The average Bonchev–Trinajstić information content (AvgIpc) is 2.82. The zero-order valence-electron chi connectivity index (χ0n) is 11.7. The summed E-state index contributed by atoms with van der Waals surface area (Å²) in [6.07, 6.45) is 4.31. The van der Waals surface area contributed by atoms with Gasteiger partial charge in [-0.15, -0.1) is 0 Å². The Kier molecular flexibility index (Phi) is 3.49. The third-order valence-electron chi connectivity index (χ3n) is 3.90. The largest absolute Gasteiger partial charge is 0.379 e. The lowest BCUT2D eigenvalue weighted by molar-refractivity contribution is -0.123. The van der Waals surface area contributed by atoms with Crippen LogP contribution in [-0.2, 0) is 16.0 Å². The molecule has 4 heteroatoms. The molecule has 1 unspecified atom stereocenters. The molecule has 20 heavy (non-hydrogen) atoms. The molecule has 1 aliphatic heterocycles. The number of rotatable bonds is 3. The Morgan fingerprint density at radius 3 is 3.10 bits per heavy atom. The third kappa shape index (κ3) is 2.70. The minimum Gasteiger partial charge on any atom is -0.379 e. The maximum Gasteiger partial charge on any atom is 0.225 e. The van der Waals surface area contributed by atoms with Crippen molar-refractivity contribution >= 4 is 16.8 Å². The molecule has 106 valence electrons. The van der Waals surface area contributed by atoms with Crippen LogP contribution in [0.15, 0.2) is 30.5 Å². The van der Waals surface area contributed by atoms with Gasteiger partial charge in [-0.05, 0) is 31.4 Å². The normalized spacial score (nSPS) is 22.9. The van der Waals surface area contributed by atoms with E-state index in [9.17, 15) is 4.79 Å². The van der Waals surface area contributed by atoms with Gasteiger partial charge in [0.25, 0.3) is 0 Å². The third-order valence-corrected chi connectivity index (χ3v) is 3.90. The van der Waals surface area contributed by atoms with Gasteiger partial charge in [-0.2, -0.15) is 0 Å². The zero-order chi connectivity index (χ0) is 14.0. The zero-order valence-corrected chi connectivity index (χ0v) is 11.7. The predicted molar refractivity (Wildman–Crippen MR) is 78.6 cm³/mol. The van der Waals surface area contributed by atoms with Gasteiger partial charge < -0.3 is 15.0 Å². The second kappa shape index (κ2) is 5.29. The Labute approximate surface area is 118 Å². The number of fused-ring (bicyclic) bond motifs is 1. The van der Waals surface area contributed by atoms with Crippen molar-refractivity contribution in [3.05, 3.63) is 36.0 Å². The van der Waals surface area contributed by atoms with Gasteiger partial charge in [-0.3, -0.25) is 4.79 Å². The molecule has 1 amide bonds. The summed E-state index contributed by atoms with van der Waals surface area (Å²) in [5, 5.41) is 4.24. The Bertz CT molecular complexity index is 612. The number of hydrogen-bond donors (Lipinski definition) is 2. The first-order chi connectivity index (χ1) is 9.66. The Morgan fingerprint density at radius 1 is 1.45 bits per heavy atom. The standard InChI is InChI=1S/C16H20N2O2/c1-16(7-4-8-20-11-16)18-15(19)9-12-10-17-14-6-3-2-5-13(12)14/h2-3,5-6,10,17H,4,7-9,11H2,1H3,(H,18,19). The number of benzene rings is 1. The molecule has 2 heterocycles. The number of aromatic amines is 1. The fourth-order valence-electron chi connectivity index (χ4n) is 2.86. The highest BCUT2D eigenvalue weighted by molar-refractivity contribution is 5.89. The molecule has 1 aliphatic rings. The fraction of sp³-hybridized carbons (Fsp3) is 0.438. The average molecular weight is 272 g/mol. The molecule has 0 bridgehead atoms. The fourth-order valence-corrected chi connectivity index (χ4v) is 2.86. The molecule has 1 aromatic heterocycles. The Balaban J connectivity index is 1.69. The van der Waals surface area contributed by atoms with Crippen molar-refractivity contribution in [2.24, 2.45) is 0 Å². The van der Waals surface area contributed by atoms with E-state index in [0.717, 1.165) is 35.9 Å². The highest BCUT2D eigenvalue weighted by Crippen LogP contribution is 2.20. The van der Waals surface area contributed by atoms with E-state index in [2.05, 4.69) is 17.2 Å². The van der Waals surface area contributed by atoms with Gasteiger partial charge in [0.1, 0.15) is 0 Å². The van der Waals surface area contributed by atoms with Crippen molar-refractivity contribution in [2.45, 2.75) is 31.7 Å². The second-order valence-electron chi connectivity index (χ2n) is 5.80. The van der Waals surface area contributed by atoms with E-state index >= 15 is 0 Å². The molecule has 0 saturated carbocycles. The van der Waals surface area contributed by atoms with Gasteiger partial charge in [0.2, 0.25) is 5.91 Å². The number of hydrogen-bond acceptors (Lipinski definition) is 2. The van der Waals surface area contributed by atoms with E-state index in [4.69, 9.17) is 4.74 Å². The molecule has 3 rings (SSSR count). The first-order valence-electron chi connectivity index (χ1n) is 7.10. The molecule has 1 fully saturated rings. The van der Waals surface area contributed by atoms with Gasteiger partial charge in [0.05, 0.1) is 18.6 Å². The lowest BCUT2D eigenvalue weighted by Gasteiger charge is -2.34. The van der Waals surface area contributed by atoms with Crippen molar-refractivity contribution in [1.82, 2.24) is 10.3 Å². The molecule has 0 radical (unpaired) electrons. The molecule has 0 aliphatic carbocycles. The second-order valence-corrected chi connectivity index (χ2v) is 5.80. The molecule has 1 aromatic carbocycles. The van der Waals surface area contributed by atoms with Gasteiger partial charge in [0.15, 0.2) is 0 Å². The topological polar surface area (TPSA) is 54.1 Å².